The molecule has 1 aromatic carbocycles. The molecule has 1 saturated carbocycles. The van der Waals surface area contributed by atoms with Gasteiger partial charge in [0.2, 0.25) is 11.1 Å². The molecule has 2 aromatic rings. The molecule has 0 spiro atoms. The van der Waals surface area contributed by atoms with Gasteiger partial charge in [-0.05, 0) is 54.3 Å². The molecule has 0 unspecified atom stereocenters. The second-order valence-electron chi connectivity index (χ2n) is 7.84. The number of carbonyl (C=O) groups excluding carboxylic acids is 1. The Morgan fingerprint density at radius 1 is 1.13 bits per heavy atom. The maximum atomic E-state index is 13.1. The first-order chi connectivity index (χ1) is 14.7. The highest BCUT2D eigenvalue weighted by Gasteiger charge is 2.32. The first kappa shape index (κ1) is 21.0. The van der Waals surface area contributed by atoms with E-state index >= 15 is 0 Å². The van der Waals surface area contributed by atoms with Crippen LogP contribution in [0.2, 0.25) is 0 Å². The number of likely N-dealkylation sites (tertiary alicyclic amines) is 1. The number of methoxy groups -OCH3 is 2. The Labute approximate surface area is 181 Å². The van der Waals surface area contributed by atoms with Crippen LogP contribution in [0.1, 0.15) is 62.6 Å². The van der Waals surface area contributed by atoms with Crippen LogP contribution in [0.3, 0.4) is 0 Å². The number of nitrogens with zero attached hydrogens (tertiary/aromatic N) is 5. The Balaban J connectivity index is 1.45. The number of amides is 1. The Bertz CT molecular complexity index is 868. The van der Waals surface area contributed by atoms with Crippen LogP contribution in [0, 0.1) is 0 Å². The molecule has 30 heavy (non-hydrogen) atoms. The van der Waals surface area contributed by atoms with Crippen molar-refractivity contribution in [2.45, 2.75) is 62.2 Å². The first-order valence-electron chi connectivity index (χ1n) is 10.6. The topological polar surface area (TPSA) is 82.4 Å². The van der Waals surface area contributed by atoms with Crippen molar-refractivity contribution in [3.63, 3.8) is 0 Å². The third kappa shape index (κ3) is 4.40. The summed E-state index contributed by atoms with van der Waals surface area (Å²) in [7, 11) is 3.31. The van der Waals surface area contributed by atoms with Crippen LogP contribution < -0.4 is 9.47 Å². The van der Waals surface area contributed by atoms with Crippen LogP contribution in [0.25, 0.3) is 0 Å². The van der Waals surface area contributed by atoms with Crippen LogP contribution in [-0.4, -0.2) is 57.5 Å². The fourth-order valence-corrected chi connectivity index (χ4v) is 5.36. The highest BCUT2D eigenvalue weighted by molar-refractivity contribution is 7.99. The summed E-state index contributed by atoms with van der Waals surface area (Å²) in [5, 5.41) is 13.0. The quantitative estimate of drug-likeness (QED) is 0.619. The van der Waals surface area contributed by atoms with Crippen molar-refractivity contribution < 1.29 is 14.3 Å². The van der Waals surface area contributed by atoms with Crippen molar-refractivity contribution in [3.8, 4) is 11.5 Å². The predicted molar refractivity (Wildman–Crippen MR) is 114 cm³/mol. The molecular formula is C21H29N5O3S. The van der Waals surface area contributed by atoms with Crippen LogP contribution in [0.15, 0.2) is 23.4 Å². The normalized spacial score (nSPS) is 19.8. The zero-order chi connectivity index (χ0) is 20.9. The van der Waals surface area contributed by atoms with Gasteiger partial charge < -0.3 is 14.4 Å². The van der Waals surface area contributed by atoms with Gasteiger partial charge in [0.25, 0.3) is 0 Å². The number of benzene rings is 1. The molecule has 0 bridgehead atoms. The van der Waals surface area contributed by atoms with Gasteiger partial charge >= 0.3 is 0 Å². The second-order valence-corrected chi connectivity index (χ2v) is 8.78. The number of aromatic nitrogens is 4. The van der Waals surface area contributed by atoms with Gasteiger partial charge in [0.05, 0.1) is 32.1 Å². The molecule has 2 aliphatic rings. The largest absolute Gasteiger partial charge is 0.497 e. The molecule has 1 amide bonds. The molecule has 1 aromatic heterocycles. The molecule has 4 rings (SSSR count). The molecule has 0 radical (unpaired) electrons. The summed E-state index contributed by atoms with van der Waals surface area (Å²) in [6, 6.07) is 6.11. The summed E-state index contributed by atoms with van der Waals surface area (Å²) in [6.45, 7) is 0.748. The van der Waals surface area contributed by atoms with Gasteiger partial charge in [-0.25, -0.2) is 4.68 Å². The number of hydrogen-bond donors (Lipinski definition) is 0. The highest BCUT2D eigenvalue weighted by atomic mass is 32.2. The van der Waals surface area contributed by atoms with E-state index in [1.165, 1.54) is 31.0 Å². The molecule has 2 fully saturated rings. The SMILES string of the molecule is COc1ccc(OC)c([C@H]2CCCN2C(=O)CSc2nnnn2C2CCCCC2)c1. The summed E-state index contributed by atoms with van der Waals surface area (Å²) >= 11 is 1.44. The molecule has 9 heteroatoms. The van der Waals surface area contributed by atoms with Crippen molar-refractivity contribution in [3.05, 3.63) is 23.8 Å². The Morgan fingerprint density at radius 2 is 1.97 bits per heavy atom. The summed E-state index contributed by atoms with van der Waals surface area (Å²) < 4.78 is 12.9. The summed E-state index contributed by atoms with van der Waals surface area (Å²) in [5.41, 5.74) is 1.000. The average Bonchev–Trinajstić information content (AvgIpc) is 3.47. The van der Waals surface area contributed by atoms with Gasteiger partial charge in [-0.2, -0.15) is 0 Å². The van der Waals surface area contributed by atoms with E-state index < -0.39 is 0 Å². The van der Waals surface area contributed by atoms with Crippen molar-refractivity contribution in [1.82, 2.24) is 25.1 Å². The summed E-state index contributed by atoms with van der Waals surface area (Å²) in [4.78, 5) is 15.1. The fourth-order valence-electron chi connectivity index (χ4n) is 4.53. The third-order valence-electron chi connectivity index (χ3n) is 6.08. The number of rotatable bonds is 7. The molecule has 1 atom stereocenters. The van der Waals surface area contributed by atoms with E-state index in [4.69, 9.17) is 9.47 Å². The van der Waals surface area contributed by atoms with E-state index in [1.54, 1.807) is 14.2 Å². The standard InChI is InChI=1S/C21H29N5O3S/c1-28-16-10-11-19(29-2)17(13-16)18-9-6-12-25(18)20(27)14-30-21-22-23-24-26(21)15-7-4-3-5-8-15/h10-11,13,15,18H,3-9,12,14H2,1-2H3/t18-/m1/s1. The smallest absolute Gasteiger partial charge is 0.233 e. The van der Waals surface area contributed by atoms with Gasteiger partial charge in [0.1, 0.15) is 11.5 Å². The number of ether oxygens (including phenoxy) is 2. The molecule has 2 heterocycles. The fraction of sp³-hybridized carbons (Fsp3) is 0.619. The van der Waals surface area contributed by atoms with E-state index in [9.17, 15) is 4.79 Å². The lowest BCUT2D eigenvalue weighted by molar-refractivity contribution is -0.129. The molecule has 8 nitrogen and oxygen atoms in total. The van der Waals surface area contributed by atoms with Gasteiger partial charge in [-0.3, -0.25) is 4.79 Å². The first-order valence-corrected chi connectivity index (χ1v) is 11.6. The number of hydrogen-bond acceptors (Lipinski definition) is 7. The Morgan fingerprint density at radius 3 is 2.73 bits per heavy atom. The summed E-state index contributed by atoms with van der Waals surface area (Å²) in [6.07, 6.45) is 7.81. The zero-order valence-corrected chi connectivity index (χ0v) is 18.4. The van der Waals surface area contributed by atoms with Crippen LogP contribution in [0.5, 0.6) is 11.5 Å². The number of tetrazole rings is 1. The maximum Gasteiger partial charge on any atom is 0.233 e. The Kier molecular flexibility index (Phi) is 6.76. The molecule has 162 valence electrons. The van der Waals surface area contributed by atoms with E-state index in [0.29, 0.717) is 11.8 Å². The molecule has 0 N–H and O–H groups in total. The molecule has 1 aliphatic carbocycles. The lowest BCUT2D eigenvalue weighted by Crippen LogP contribution is -2.32. The predicted octanol–water partition coefficient (Wildman–Crippen LogP) is 3.65. The Hall–Kier alpha value is -2.29. The van der Waals surface area contributed by atoms with Crippen LogP contribution >= 0.6 is 11.8 Å². The lowest BCUT2D eigenvalue weighted by atomic mass is 9.96. The van der Waals surface area contributed by atoms with E-state index in [0.717, 1.165) is 54.4 Å². The summed E-state index contributed by atoms with van der Waals surface area (Å²) in [5.74, 6) is 1.99. The maximum absolute atomic E-state index is 13.1. The minimum absolute atomic E-state index is 0.00232. The molecule has 1 saturated heterocycles. The van der Waals surface area contributed by atoms with Gasteiger partial charge in [-0.15, -0.1) is 5.10 Å². The van der Waals surface area contributed by atoms with E-state index in [1.807, 2.05) is 27.8 Å². The van der Waals surface area contributed by atoms with Crippen molar-refractivity contribution in [2.75, 3.05) is 26.5 Å². The highest BCUT2D eigenvalue weighted by Crippen LogP contribution is 2.39. The monoisotopic (exact) mass is 431 g/mol. The van der Waals surface area contributed by atoms with Crippen molar-refractivity contribution >= 4 is 17.7 Å². The molecule has 1 aliphatic heterocycles. The van der Waals surface area contributed by atoms with E-state index in [2.05, 4.69) is 15.5 Å². The minimum atomic E-state index is -0.00232. The second kappa shape index (κ2) is 9.68. The average molecular weight is 432 g/mol. The number of carbonyl (C=O) groups is 1. The minimum Gasteiger partial charge on any atom is -0.497 e. The van der Waals surface area contributed by atoms with Crippen molar-refractivity contribution in [1.29, 1.82) is 0 Å². The van der Waals surface area contributed by atoms with Crippen LogP contribution in [0.4, 0.5) is 0 Å². The van der Waals surface area contributed by atoms with Crippen LogP contribution in [-0.2, 0) is 4.79 Å². The van der Waals surface area contributed by atoms with E-state index in [-0.39, 0.29) is 11.9 Å². The van der Waals surface area contributed by atoms with Crippen molar-refractivity contribution in [2.24, 2.45) is 0 Å². The third-order valence-corrected chi connectivity index (χ3v) is 7.00. The lowest BCUT2D eigenvalue weighted by Gasteiger charge is -2.27. The van der Waals surface area contributed by atoms with Gasteiger partial charge in [0.15, 0.2) is 0 Å². The van der Waals surface area contributed by atoms with Gasteiger partial charge in [-0.1, -0.05) is 31.0 Å². The van der Waals surface area contributed by atoms with Gasteiger partial charge in [0, 0.05) is 12.1 Å². The molecular weight excluding hydrogens is 402 g/mol. The zero-order valence-electron chi connectivity index (χ0n) is 17.6. The number of thioether (sulfide) groups is 1.